The Morgan fingerprint density at radius 3 is 0.836 bits per heavy atom. The Morgan fingerprint density at radius 2 is 0.534 bits per heavy atom. The molecule has 0 saturated heterocycles. The lowest BCUT2D eigenvalue weighted by atomic mass is 10.0. The molecule has 0 aliphatic rings. The van der Waals surface area contributed by atoms with Crippen LogP contribution in [0.25, 0.3) is 0 Å². The van der Waals surface area contributed by atoms with Crippen LogP contribution in [-0.4, -0.2) is 37.2 Å². The van der Waals surface area contributed by atoms with Gasteiger partial charge in [0, 0.05) is 19.3 Å². The molecule has 422 valence electrons. The van der Waals surface area contributed by atoms with Crippen LogP contribution in [0.3, 0.4) is 0 Å². The summed E-state index contributed by atoms with van der Waals surface area (Å²) < 4.78 is 16.9. The highest BCUT2D eigenvalue weighted by molar-refractivity contribution is 5.71. The number of carbonyl (C=O) groups is 3. The second-order valence-corrected chi connectivity index (χ2v) is 21.0. The minimum Gasteiger partial charge on any atom is -0.462 e. The van der Waals surface area contributed by atoms with Crippen molar-refractivity contribution in [2.45, 2.75) is 322 Å². The standard InChI is InChI=1S/C67H118O6/c1-4-7-10-13-16-19-21-23-25-27-29-30-31-32-33-34-35-36-37-38-39-41-42-44-46-48-51-54-57-60-66(69)72-63-64(62-71-65(68)59-56-53-50-18-15-12-9-6-3)73-67(70)61-58-55-52-49-47-45-43-40-28-26-24-22-20-17-14-11-8-5-2/h7,10,16,19,23,25,29-30,32-33,35-36,64H,4-6,8-9,11-15,17-18,20-22,24,26-28,31,34,37-63H2,1-3H3/b10-7-,19-16-,25-23-,30-29-,33-32-,36-35-. The van der Waals surface area contributed by atoms with Crippen molar-refractivity contribution in [1.82, 2.24) is 0 Å². The van der Waals surface area contributed by atoms with E-state index in [-0.39, 0.29) is 31.1 Å². The largest absolute Gasteiger partial charge is 0.462 e. The predicted molar refractivity (Wildman–Crippen MR) is 316 cm³/mol. The zero-order valence-corrected chi connectivity index (χ0v) is 48.4. The van der Waals surface area contributed by atoms with E-state index in [2.05, 4.69) is 93.7 Å². The van der Waals surface area contributed by atoms with Crippen molar-refractivity contribution < 1.29 is 28.6 Å². The molecular formula is C67H118O6. The molecular weight excluding hydrogens is 901 g/mol. The number of unbranched alkanes of at least 4 members (excludes halogenated alkanes) is 34. The first-order valence-corrected chi connectivity index (χ1v) is 31.4. The first kappa shape index (κ1) is 69.8. The molecule has 6 nitrogen and oxygen atoms in total. The Labute approximate surface area is 453 Å². The van der Waals surface area contributed by atoms with Crippen molar-refractivity contribution in [2.24, 2.45) is 0 Å². The normalized spacial score (nSPS) is 12.5. The maximum absolute atomic E-state index is 12.9. The van der Waals surface area contributed by atoms with Crippen molar-refractivity contribution >= 4 is 17.9 Å². The second-order valence-electron chi connectivity index (χ2n) is 21.0. The molecule has 0 heterocycles. The molecule has 73 heavy (non-hydrogen) atoms. The third-order valence-corrected chi connectivity index (χ3v) is 13.7. The van der Waals surface area contributed by atoms with Gasteiger partial charge in [-0.2, -0.15) is 0 Å². The van der Waals surface area contributed by atoms with Crippen LogP contribution in [0, 0.1) is 0 Å². The van der Waals surface area contributed by atoms with Gasteiger partial charge in [0.05, 0.1) is 0 Å². The molecule has 6 heteroatoms. The van der Waals surface area contributed by atoms with Crippen LogP contribution in [0.4, 0.5) is 0 Å². The highest BCUT2D eigenvalue weighted by Crippen LogP contribution is 2.17. The third-order valence-electron chi connectivity index (χ3n) is 13.7. The molecule has 0 aliphatic carbocycles. The minimum atomic E-state index is -0.772. The monoisotopic (exact) mass is 1020 g/mol. The lowest BCUT2D eigenvalue weighted by Gasteiger charge is -2.18. The van der Waals surface area contributed by atoms with Gasteiger partial charge in [-0.25, -0.2) is 0 Å². The molecule has 0 aliphatic heterocycles. The summed E-state index contributed by atoms with van der Waals surface area (Å²) in [6.45, 7) is 6.53. The van der Waals surface area contributed by atoms with E-state index < -0.39 is 6.10 Å². The zero-order valence-electron chi connectivity index (χ0n) is 48.4. The molecule has 1 atom stereocenters. The summed E-state index contributed by atoms with van der Waals surface area (Å²) in [5.41, 5.74) is 0. The summed E-state index contributed by atoms with van der Waals surface area (Å²) in [7, 11) is 0. The van der Waals surface area contributed by atoms with Gasteiger partial charge in [0.2, 0.25) is 0 Å². The van der Waals surface area contributed by atoms with Crippen LogP contribution < -0.4 is 0 Å². The number of hydrogen-bond donors (Lipinski definition) is 0. The van der Waals surface area contributed by atoms with Gasteiger partial charge in [0.25, 0.3) is 0 Å². The van der Waals surface area contributed by atoms with Crippen LogP contribution in [0.1, 0.15) is 316 Å². The van der Waals surface area contributed by atoms with Gasteiger partial charge in [-0.1, -0.05) is 299 Å². The highest BCUT2D eigenvalue weighted by atomic mass is 16.6. The summed E-state index contributed by atoms with van der Waals surface area (Å²) in [5.74, 6) is -0.866. The fourth-order valence-electron chi connectivity index (χ4n) is 9.04. The van der Waals surface area contributed by atoms with Crippen molar-refractivity contribution in [3.05, 3.63) is 72.9 Å². The lowest BCUT2D eigenvalue weighted by Crippen LogP contribution is -2.30. The van der Waals surface area contributed by atoms with Gasteiger partial charge in [-0.3, -0.25) is 14.4 Å². The summed E-state index contributed by atoms with van der Waals surface area (Å²) in [6, 6.07) is 0. The Morgan fingerprint density at radius 1 is 0.288 bits per heavy atom. The van der Waals surface area contributed by atoms with E-state index in [1.807, 2.05) is 0 Å². The van der Waals surface area contributed by atoms with E-state index in [0.717, 1.165) is 96.3 Å². The number of hydrogen-bond acceptors (Lipinski definition) is 6. The molecule has 0 amide bonds. The number of carbonyl (C=O) groups excluding carboxylic acids is 3. The van der Waals surface area contributed by atoms with Crippen molar-refractivity contribution in [1.29, 1.82) is 0 Å². The second kappa shape index (κ2) is 61.4. The van der Waals surface area contributed by atoms with Crippen LogP contribution in [0.2, 0.25) is 0 Å². The highest BCUT2D eigenvalue weighted by Gasteiger charge is 2.19. The predicted octanol–water partition coefficient (Wildman–Crippen LogP) is 21.3. The SMILES string of the molecule is CC/C=C\C/C=C\C/C=C\C/C=C\C/C=C\C/C=C\CCCCCCCCCCCCC(=O)OCC(COC(=O)CCCCCCCCCC)OC(=O)CCCCCCCCCCCCCCCCCCCC. The number of allylic oxidation sites excluding steroid dienone is 12. The molecule has 0 aromatic heterocycles. The molecule has 0 aromatic rings. The van der Waals surface area contributed by atoms with Gasteiger partial charge in [0.1, 0.15) is 13.2 Å². The maximum Gasteiger partial charge on any atom is 0.306 e. The quantitative estimate of drug-likeness (QED) is 0.0261. The number of rotatable bonds is 57. The van der Waals surface area contributed by atoms with E-state index in [9.17, 15) is 14.4 Å². The molecule has 1 unspecified atom stereocenters. The smallest absolute Gasteiger partial charge is 0.306 e. The molecule has 0 fully saturated rings. The summed E-state index contributed by atoms with van der Waals surface area (Å²) >= 11 is 0. The number of ether oxygens (including phenoxy) is 3. The molecule has 0 spiro atoms. The maximum atomic E-state index is 12.9. The summed E-state index contributed by atoms with van der Waals surface area (Å²) in [4.78, 5) is 38.1. The summed E-state index contributed by atoms with van der Waals surface area (Å²) in [6.07, 6.45) is 79.2. The minimum absolute atomic E-state index is 0.0720. The average molecular weight is 1020 g/mol. The Balaban J connectivity index is 4.15. The Hall–Kier alpha value is -3.15. The molecule has 0 saturated carbocycles. The van der Waals surface area contributed by atoms with Crippen molar-refractivity contribution in [3.63, 3.8) is 0 Å². The van der Waals surface area contributed by atoms with E-state index in [4.69, 9.17) is 14.2 Å². The van der Waals surface area contributed by atoms with E-state index in [0.29, 0.717) is 19.3 Å². The fourth-order valence-corrected chi connectivity index (χ4v) is 9.04. The molecule has 0 N–H and O–H groups in total. The summed E-state index contributed by atoms with van der Waals surface area (Å²) in [5, 5.41) is 0. The first-order valence-electron chi connectivity index (χ1n) is 31.4. The molecule has 0 radical (unpaired) electrons. The number of esters is 3. The molecule has 0 rings (SSSR count). The van der Waals surface area contributed by atoms with E-state index in [1.54, 1.807) is 0 Å². The van der Waals surface area contributed by atoms with Crippen LogP contribution in [0.5, 0.6) is 0 Å². The van der Waals surface area contributed by atoms with Gasteiger partial charge in [-0.05, 0) is 70.6 Å². The van der Waals surface area contributed by atoms with Gasteiger partial charge in [-0.15, -0.1) is 0 Å². The van der Waals surface area contributed by atoms with Crippen LogP contribution in [-0.2, 0) is 28.6 Å². The van der Waals surface area contributed by atoms with Crippen LogP contribution in [0.15, 0.2) is 72.9 Å². The van der Waals surface area contributed by atoms with E-state index in [1.165, 1.54) is 180 Å². The molecule has 0 bridgehead atoms. The van der Waals surface area contributed by atoms with Gasteiger partial charge >= 0.3 is 17.9 Å². The molecule has 0 aromatic carbocycles. The lowest BCUT2D eigenvalue weighted by molar-refractivity contribution is -0.167. The van der Waals surface area contributed by atoms with E-state index >= 15 is 0 Å². The Kier molecular flexibility index (Phi) is 58.7. The van der Waals surface area contributed by atoms with Gasteiger partial charge in [0.15, 0.2) is 6.10 Å². The van der Waals surface area contributed by atoms with Crippen molar-refractivity contribution in [3.8, 4) is 0 Å². The average Bonchev–Trinajstić information content (AvgIpc) is 3.39. The topological polar surface area (TPSA) is 78.9 Å². The van der Waals surface area contributed by atoms with Gasteiger partial charge < -0.3 is 14.2 Å². The Bertz CT molecular complexity index is 1360. The first-order chi connectivity index (χ1) is 36.0. The van der Waals surface area contributed by atoms with Crippen molar-refractivity contribution in [2.75, 3.05) is 13.2 Å². The fraction of sp³-hybridized carbons (Fsp3) is 0.776. The van der Waals surface area contributed by atoms with Crippen LogP contribution >= 0.6 is 0 Å². The zero-order chi connectivity index (χ0) is 52.9. The third kappa shape index (κ3) is 59.6.